The average Bonchev–Trinajstić information content (AvgIpc) is 3.15. The quantitative estimate of drug-likeness (QED) is 0.0816. The van der Waals surface area contributed by atoms with E-state index in [2.05, 4.69) is 182 Å². The zero-order valence-electron chi connectivity index (χ0n) is 30.2. The van der Waals surface area contributed by atoms with Gasteiger partial charge < -0.3 is 9.47 Å². The first-order chi connectivity index (χ1) is 24.4. The van der Waals surface area contributed by atoms with E-state index < -0.39 is 0 Å². The Morgan fingerprint density at radius 1 is 0.460 bits per heavy atom. The van der Waals surface area contributed by atoms with E-state index in [0.717, 1.165) is 37.6 Å². The molecule has 5 rings (SSSR count). The van der Waals surface area contributed by atoms with Crippen LogP contribution in [0.4, 0.5) is 0 Å². The summed E-state index contributed by atoms with van der Waals surface area (Å²) in [6.45, 7) is 10.6. The summed E-state index contributed by atoms with van der Waals surface area (Å²) in [5.41, 5.74) is 9.61. The van der Waals surface area contributed by atoms with Crippen molar-refractivity contribution in [3.05, 3.63) is 116 Å². The Balaban J connectivity index is 1.57. The Labute approximate surface area is 328 Å². The van der Waals surface area contributed by atoms with Crippen LogP contribution in [0.1, 0.15) is 79.1 Å². The van der Waals surface area contributed by atoms with Crippen molar-refractivity contribution < 1.29 is 9.47 Å². The molecule has 0 aliphatic heterocycles. The molecule has 0 aliphatic carbocycles. The van der Waals surface area contributed by atoms with Crippen molar-refractivity contribution in [1.82, 2.24) is 0 Å². The Kier molecular flexibility index (Phi) is 15.1. The average molecular weight is 891 g/mol. The molecule has 5 aromatic rings. The standard InChI is InChI=1S/C46H52I2O2/c1-5-9-11-33(7-3)31-49-42-25-17-36(18-26-42)44-29-39(35-13-21-40(47)22-14-35)30-45(46(44)38-15-23-41(48)24-16-38)37-19-27-43(28-20-37)50-32-34(8-4)12-10-6-2/h13-30,33-34H,5-12,31-32H2,1-4H3. The topological polar surface area (TPSA) is 18.5 Å². The maximum Gasteiger partial charge on any atom is 0.119 e. The molecule has 4 heteroatoms. The first kappa shape index (κ1) is 38.4. The Bertz CT molecular complexity index is 1660. The number of rotatable bonds is 18. The van der Waals surface area contributed by atoms with Crippen LogP contribution < -0.4 is 9.47 Å². The van der Waals surface area contributed by atoms with Crippen molar-refractivity contribution >= 4 is 45.2 Å². The molecule has 2 nitrogen and oxygen atoms in total. The third-order valence-corrected chi connectivity index (χ3v) is 11.3. The maximum atomic E-state index is 6.33. The Morgan fingerprint density at radius 2 is 0.840 bits per heavy atom. The van der Waals surface area contributed by atoms with Crippen LogP contribution in [0, 0.1) is 19.0 Å². The van der Waals surface area contributed by atoms with Crippen LogP contribution in [-0.2, 0) is 0 Å². The largest absolute Gasteiger partial charge is 0.493 e. The van der Waals surface area contributed by atoms with Crippen LogP contribution in [0.3, 0.4) is 0 Å². The van der Waals surface area contributed by atoms with Crippen molar-refractivity contribution in [2.75, 3.05) is 13.2 Å². The van der Waals surface area contributed by atoms with E-state index in [-0.39, 0.29) is 0 Å². The van der Waals surface area contributed by atoms with Crippen molar-refractivity contribution in [2.24, 2.45) is 11.8 Å². The van der Waals surface area contributed by atoms with E-state index in [4.69, 9.17) is 9.47 Å². The molecule has 0 bridgehead atoms. The van der Waals surface area contributed by atoms with Crippen LogP contribution in [-0.4, -0.2) is 13.2 Å². The van der Waals surface area contributed by atoms with Gasteiger partial charge in [0.2, 0.25) is 0 Å². The van der Waals surface area contributed by atoms with Gasteiger partial charge in [-0.1, -0.05) is 115 Å². The van der Waals surface area contributed by atoms with Gasteiger partial charge in [0.1, 0.15) is 11.5 Å². The molecule has 2 unspecified atom stereocenters. The summed E-state index contributed by atoms with van der Waals surface area (Å²) in [6, 6.07) is 40.0. The summed E-state index contributed by atoms with van der Waals surface area (Å²) in [6.07, 6.45) is 9.73. The Hall–Kier alpha value is -2.84. The lowest BCUT2D eigenvalue weighted by Crippen LogP contribution is -2.11. The molecule has 0 spiro atoms. The highest BCUT2D eigenvalue weighted by Gasteiger charge is 2.18. The van der Waals surface area contributed by atoms with Gasteiger partial charge in [0.15, 0.2) is 0 Å². The molecular weight excluding hydrogens is 838 g/mol. The van der Waals surface area contributed by atoms with Crippen LogP contribution in [0.2, 0.25) is 0 Å². The van der Waals surface area contributed by atoms with Gasteiger partial charge in [0, 0.05) is 7.14 Å². The van der Waals surface area contributed by atoms with Gasteiger partial charge in [0.25, 0.3) is 0 Å². The van der Waals surface area contributed by atoms with Gasteiger partial charge in [-0.25, -0.2) is 0 Å². The molecule has 0 fully saturated rings. The molecule has 0 saturated carbocycles. The molecule has 0 heterocycles. The molecule has 0 radical (unpaired) electrons. The normalized spacial score (nSPS) is 12.4. The summed E-state index contributed by atoms with van der Waals surface area (Å²) in [5.74, 6) is 3.07. The summed E-state index contributed by atoms with van der Waals surface area (Å²) < 4.78 is 15.1. The summed E-state index contributed by atoms with van der Waals surface area (Å²) in [5, 5.41) is 0. The van der Waals surface area contributed by atoms with E-state index in [1.807, 2.05) is 0 Å². The predicted octanol–water partition coefficient (Wildman–Crippen LogP) is 14.8. The fourth-order valence-electron chi connectivity index (χ4n) is 6.52. The van der Waals surface area contributed by atoms with E-state index in [1.165, 1.54) is 90.2 Å². The second kappa shape index (κ2) is 19.7. The van der Waals surface area contributed by atoms with Crippen molar-refractivity contribution in [1.29, 1.82) is 0 Å². The van der Waals surface area contributed by atoms with E-state index in [0.29, 0.717) is 11.8 Å². The third kappa shape index (κ3) is 10.6. The van der Waals surface area contributed by atoms with Gasteiger partial charge in [-0.05, 0) is 175 Å². The number of unbranched alkanes of at least 4 members (excludes halogenated alkanes) is 2. The molecule has 0 aliphatic rings. The zero-order valence-corrected chi connectivity index (χ0v) is 34.5. The molecule has 0 saturated heterocycles. The van der Waals surface area contributed by atoms with Crippen LogP contribution >= 0.6 is 45.2 Å². The van der Waals surface area contributed by atoms with Crippen LogP contribution in [0.5, 0.6) is 11.5 Å². The van der Waals surface area contributed by atoms with Gasteiger partial charge >= 0.3 is 0 Å². The molecular formula is C46H52I2O2. The first-order valence-electron chi connectivity index (χ1n) is 18.6. The fraction of sp³-hybridized carbons (Fsp3) is 0.348. The lowest BCUT2D eigenvalue weighted by molar-refractivity contribution is 0.233. The Morgan fingerprint density at radius 3 is 1.22 bits per heavy atom. The second-order valence-corrected chi connectivity index (χ2v) is 16.0. The first-order valence-corrected chi connectivity index (χ1v) is 20.7. The minimum Gasteiger partial charge on any atom is -0.493 e. The van der Waals surface area contributed by atoms with E-state index >= 15 is 0 Å². The maximum absolute atomic E-state index is 6.33. The molecule has 50 heavy (non-hydrogen) atoms. The smallest absolute Gasteiger partial charge is 0.119 e. The lowest BCUT2D eigenvalue weighted by atomic mass is 9.84. The van der Waals surface area contributed by atoms with Crippen molar-refractivity contribution in [3.8, 4) is 56.0 Å². The minimum atomic E-state index is 0.598. The van der Waals surface area contributed by atoms with Crippen LogP contribution in [0.25, 0.3) is 44.5 Å². The highest BCUT2D eigenvalue weighted by atomic mass is 127. The summed E-state index contributed by atoms with van der Waals surface area (Å²) in [4.78, 5) is 0. The molecule has 0 aromatic heterocycles. The number of ether oxygens (including phenoxy) is 2. The fourth-order valence-corrected chi connectivity index (χ4v) is 7.24. The van der Waals surface area contributed by atoms with Crippen molar-refractivity contribution in [3.63, 3.8) is 0 Å². The number of halogens is 2. The van der Waals surface area contributed by atoms with E-state index in [1.54, 1.807) is 0 Å². The highest BCUT2D eigenvalue weighted by molar-refractivity contribution is 14.1. The van der Waals surface area contributed by atoms with Gasteiger partial charge in [-0.15, -0.1) is 0 Å². The molecule has 2 atom stereocenters. The van der Waals surface area contributed by atoms with E-state index in [9.17, 15) is 0 Å². The zero-order chi connectivity index (χ0) is 35.3. The lowest BCUT2D eigenvalue weighted by Gasteiger charge is -2.20. The molecule has 262 valence electrons. The molecule has 5 aromatic carbocycles. The summed E-state index contributed by atoms with van der Waals surface area (Å²) in [7, 11) is 0. The molecule has 0 N–H and O–H groups in total. The number of benzene rings is 5. The monoisotopic (exact) mass is 890 g/mol. The third-order valence-electron chi connectivity index (χ3n) is 9.84. The molecule has 0 amide bonds. The highest BCUT2D eigenvalue weighted by Crippen LogP contribution is 2.44. The summed E-state index contributed by atoms with van der Waals surface area (Å²) >= 11 is 4.78. The van der Waals surface area contributed by atoms with Gasteiger partial charge in [0.05, 0.1) is 13.2 Å². The van der Waals surface area contributed by atoms with Gasteiger partial charge in [-0.2, -0.15) is 0 Å². The van der Waals surface area contributed by atoms with Crippen LogP contribution in [0.15, 0.2) is 109 Å². The number of hydrogen-bond acceptors (Lipinski definition) is 2. The minimum absolute atomic E-state index is 0.598. The SMILES string of the molecule is CCCCC(CC)COc1ccc(-c2cc(-c3ccc(I)cc3)cc(-c3ccc(OCC(CC)CCCC)cc3)c2-c2ccc(I)cc2)cc1. The predicted molar refractivity (Wildman–Crippen MR) is 231 cm³/mol. The van der Waals surface area contributed by atoms with Crippen molar-refractivity contribution in [2.45, 2.75) is 79.1 Å². The number of hydrogen-bond donors (Lipinski definition) is 0. The second-order valence-electron chi connectivity index (χ2n) is 13.5. The van der Waals surface area contributed by atoms with Gasteiger partial charge in [-0.3, -0.25) is 0 Å².